The average Bonchev–Trinajstić information content (AvgIpc) is 2.80. The monoisotopic (exact) mass is 472 g/mol. The number of nitrogens with zero attached hydrogens (tertiary/aromatic N) is 2. The van der Waals surface area contributed by atoms with Gasteiger partial charge < -0.3 is 18.9 Å². The van der Waals surface area contributed by atoms with Gasteiger partial charge in [-0.15, -0.1) is 0 Å². The van der Waals surface area contributed by atoms with Crippen molar-refractivity contribution in [3.8, 4) is 5.75 Å². The highest BCUT2D eigenvalue weighted by Gasteiger charge is 2.33. The van der Waals surface area contributed by atoms with Gasteiger partial charge in [-0.1, -0.05) is 42.5 Å². The van der Waals surface area contributed by atoms with Gasteiger partial charge in [-0.05, 0) is 51.0 Å². The van der Waals surface area contributed by atoms with Crippen LogP contribution in [0.2, 0.25) is 0 Å². The van der Waals surface area contributed by atoms with E-state index in [4.69, 9.17) is 18.9 Å². The first-order valence-corrected chi connectivity index (χ1v) is 10.9. The van der Waals surface area contributed by atoms with Crippen LogP contribution in [0.5, 0.6) is 5.75 Å². The minimum atomic E-state index is -0.884. The summed E-state index contributed by atoms with van der Waals surface area (Å²) in [6.07, 6.45) is -1.71. The first-order valence-electron chi connectivity index (χ1n) is 10.9. The third-order valence-electron chi connectivity index (χ3n) is 4.39. The molecule has 184 valence electrons. The zero-order valence-corrected chi connectivity index (χ0v) is 20.3. The van der Waals surface area contributed by atoms with E-state index in [1.807, 2.05) is 30.3 Å². The minimum absolute atomic E-state index is 0.0135. The zero-order chi connectivity index (χ0) is 25.1. The molecule has 0 aliphatic heterocycles. The van der Waals surface area contributed by atoms with Gasteiger partial charge in [-0.3, -0.25) is 4.79 Å². The van der Waals surface area contributed by atoms with Gasteiger partial charge in [0.2, 0.25) is 0 Å². The van der Waals surface area contributed by atoms with Crippen molar-refractivity contribution in [3.05, 3.63) is 65.7 Å². The number of methoxy groups -OCH3 is 1. The molecule has 2 aromatic rings. The Hall–Kier alpha value is -3.75. The fourth-order valence-corrected chi connectivity index (χ4v) is 2.84. The van der Waals surface area contributed by atoms with Gasteiger partial charge in [0, 0.05) is 0 Å². The average molecular weight is 473 g/mol. The van der Waals surface area contributed by atoms with Crippen LogP contribution in [0.1, 0.15) is 38.8 Å². The molecule has 0 spiro atoms. The summed E-state index contributed by atoms with van der Waals surface area (Å²) in [5.74, 6) is -0.0542. The van der Waals surface area contributed by atoms with E-state index in [0.29, 0.717) is 11.3 Å². The Balaban J connectivity index is 2.35. The summed E-state index contributed by atoms with van der Waals surface area (Å²) in [5, 5.41) is 1.94. The number of benzene rings is 2. The largest absolute Gasteiger partial charge is 0.497 e. The van der Waals surface area contributed by atoms with Crippen molar-refractivity contribution in [1.29, 1.82) is 0 Å². The molecule has 0 unspecified atom stereocenters. The van der Waals surface area contributed by atoms with Crippen molar-refractivity contribution in [2.75, 3.05) is 20.3 Å². The maximum atomic E-state index is 13.2. The lowest BCUT2D eigenvalue weighted by Gasteiger charge is -2.34. The number of hydrogen-bond acceptors (Lipinski definition) is 7. The molecule has 0 aliphatic carbocycles. The topological polar surface area (TPSA) is 94.6 Å². The Labute approximate surface area is 200 Å². The summed E-state index contributed by atoms with van der Waals surface area (Å²) in [6, 6.07) is 16.1. The van der Waals surface area contributed by atoms with Crippen LogP contribution in [0, 0.1) is 0 Å². The third-order valence-corrected chi connectivity index (χ3v) is 4.39. The van der Waals surface area contributed by atoms with Gasteiger partial charge >= 0.3 is 18.2 Å². The van der Waals surface area contributed by atoms with Crippen LogP contribution < -0.4 is 4.74 Å². The third kappa shape index (κ3) is 8.65. The molecule has 0 heterocycles. The highest BCUT2D eigenvalue weighted by atomic mass is 16.6. The molecule has 0 saturated heterocycles. The van der Waals surface area contributed by atoms with Crippen molar-refractivity contribution < 1.29 is 33.3 Å². The molecule has 0 N–H and O–H groups in total. The van der Waals surface area contributed by atoms with Crippen molar-refractivity contribution in [3.63, 3.8) is 0 Å². The number of esters is 1. The summed E-state index contributed by atoms with van der Waals surface area (Å²) >= 11 is 0. The number of hydrogen-bond donors (Lipinski definition) is 0. The van der Waals surface area contributed by atoms with Gasteiger partial charge in [-0.25, -0.2) is 19.6 Å². The normalized spacial score (nSPS) is 10.7. The Morgan fingerprint density at radius 1 is 0.824 bits per heavy atom. The van der Waals surface area contributed by atoms with E-state index in [2.05, 4.69) is 0 Å². The maximum absolute atomic E-state index is 13.2. The fraction of sp³-hybridized carbons (Fsp3) is 0.400. The summed E-state index contributed by atoms with van der Waals surface area (Å²) in [5.41, 5.74) is 0.591. The van der Waals surface area contributed by atoms with Crippen molar-refractivity contribution in [1.82, 2.24) is 10.0 Å². The van der Waals surface area contributed by atoms with Crippen molar-refractivity contribution in [2.24, 2.45) is 0 Å². The molecule has 2 rings (SSSR count). The fourth-order valence-electron chi connectivity index (χ4n) is 2.84. The zero-order valence-electron chi connectivity index (χ0n) is 20.3. The molecular formula is C25H32N2O7. The van der Waals surface area contributed by atoms with E-state index in [9.17, 15) is 14.4 Å². The molecule has 0 radical (unpaired) electrons. The Kier molecular flexibility index (Phi) is 9.73. The van der Waals surface area contributed by atoms with E-state index in [0.717, 1.165) is 15.6 Å². The highest BCUT2D eigenvalue weighted by Crippen LogP contribution is 2.18. The first-order chi connectivity index (χ1) is 16.1. The van der Waals surface area contributed by atoms with E-state index in [-0.39, 0.29) is 19.8 Å². The number of ether oxygens (including phenoxy) is 4. The number of hydrazine groups is 1. The minimum Gasteiger partial charge on any atom is -0.497 e. The number of rotatable bonds is 8. The van der Waals surface area contributed by atoms with E-state index in [1.165, 1.54) is 0 Å². The van der Waals surface area contributed by atoms with Crippen LogP contribution in [-0.2, 0) is 32.2 Å². The first kappa shape index (κ1) is 26.5. The quantitative estimate of drug-likeness (QED) is 0.316. The van der Waals surface area contributed by atoms with Gasteiger partial charge in [0.15, 0.2) is 0 Å². The maximum Gasteiger partial charge on any atom is 0.430 e. The standard InChI is InChI=1S/C25H32N2O7/c1-6-32-22(28)17-27(24(30)34-25(2,3)4)26(16-19-12-14-21(31-5)15-13-19)23(29)33-18-20-10-8-7-9-11-20/h7-15H,6,16-18H2,1-5H3. The smallest absolute Gasteiger partial charge is 0.430 e. The lowest BCUT2D eigenvalue weighted by Crippen LogP contribution is -2.53. The molecule has 2 amide bonds. The van der Waals surface area contributed by atoms with Gasteiger partial charge in [0.1, 0.15) is 24.5 Å². The van der Waals surface area contributed by atoms with Crippen LogP contribution in [0.4, 0.5) is 9.59 Å². The molecule has 34 heavy (non-hydrogen) atoms. The molecule has 0 aliphatic rings. The van der Waals surface area contributed by atoms with Gasteiger partial charge in [-0.2, -0.15) is 0 Å². The Morgan fingerprint density at radius 2 is 1.47 bits per heavy atom. The van der Waals surface area contributed by atoms with Gasteiger partial charge in [0.25, 0.3) is 0 Å². The lowest BCUT2D eigenvalue weighted by atomic mass is 10.2. The van der Waals surface area contributed by atoms with Crippen LogP contribution in [-0.4, -0.2) is 54.0 Å². The molecule has 0 saturated carbocycles. The second kappa shape index (κ2) is 12.5. The molecule has 0 bridgehead atoms. The molecule has 9 heteroatoms. The number of carbonyl (C=O) groups is 3. The summed E-state index contributed by atoms with van der Waals surface area (Å²) in [4.78, 5) is 38.5. The van der Waals surface area contributed by atoms with Crippen LogP contribution in [0.3, 0.4) is 0 Å². The predicted octanol–water partition coefficient (Wildman–Crippen LogP) is 4.55. The lowest BCUT2D eigenvalue weighted by molar-refractivity contribution is -0.148. The number of amides is 2. The number of carbonyl (C=O) groups excluding carboxylic acids is 3. The van der Waals surface area contributed by atoms with Crippen LogP contribution >= 0.6 is 0 Å². The van der Waals surface area contributed by atoms with Crippen LogP contribution in [0.15, 0.2) is 54.6 Å². The molecular weight excluding hydrogens is 440 g/mol. The predicted molar refractivity (Wildman–Crippen MR) is 125 cm³/mol. The van der Waals surface area contributed by atoms with Crippen molar-refractivity contribution >= 4 is 18.2 Å². The SMILES string of the molecule is CCOC(=O)CN(C(=O)OC(C)(C)C)N(Cc1ccc(OC)cc1)C(=O)OCc1ccccc1. The molecule has 9 nitrogen and oxygen atoms in total. The highest BCUT2D eigenvalue weighted by molar-refractivity contribution is 5.80. The molecule has 0 atom stereocenters. The van der Waals surface area contributed by atoms with E-state index in [1.54, 1.807) is 59.1 Å². The molecule has 0 fully saturated rings. The Morgan fingerprint density at radius 3 is 2.03 bits per heavy atom. The van der Waals surface area contributed by atoms with Gasteiger partial charge in [0.05, 0.1) is 20.3 Å². The van der Waals surface area contributed by atoms with E-state index >= 15 is 0 Å². The summed E-state index contributed by atoms with van der Waals surface area (Å²) < 4.78 is 21.1. The second-order valence-corrected chi connectivity index (χ2v) is 8.29. The molecule has 2 aromatic carbocycles. The summed E-state index contributed by atoms with van der Waals surface area (Å²) in [7, 11) is 1.55. The van der Waals surface area contributed by atoms with Crippen molar-refractivity contribution in [2.45, 2.75) is 46.4 Å². The Bertz CT molecular complexity index is 940. The molecule has 0 aromatic heterocycles. The second-order valence-electron chi connectivity index (χ2n) is 8.29. The summed E-state index contributed by atoms with van der Waals surface area (Å²) in [6.45, 7) is 6.24. The van der Waals surface area contributed by atoms with Crippen LogP contribution in [0.25, 0.3) is 0 Å². The van der Waals surface area contributed by atoms with E-state index < -0.39 is 30.3 Å².